The Bertz CT molecular complexity index is 907. The fourth-order valence-corrected chi connectivity index (χ4v) is 3.12. The third-order valence-electron chi connectivity index (χ3n) is 4.42. The Kier molecular flexibility index (Phi) is 4.31. The van der Waals surface area contributed by atoms with Crippen LogP contribution in [-0.2, 0) is 11.3 Å². The number of ether oxygens (including phenoxy) is 1. The zero-order valence-electron chi connectivity index (χ0n) is 14.5. The Morgan fingerprint density at radius 2 is 1.92 bits per heavy atom. The molecule has 2 aromatic carbocycles. The van der Waals surface area contributed by atoms with E-state index in [9.17, 15) is 4.79 Å². The van der Waals surface area contributed by atoms with Crippen molar-refractivity contribution in [3.63, 3.8) is 0 Å². The van der Waals surface area contributed by atoms with E-state index < -0.39 is 6.10 Å². The van der Waals surface area contributed by atoms with Crippen LogP contribution in [0.5, 0.6) is 5.75 Å². The van der Waals surface area contributed by atoms with E-state index in [1.807, 2.05) is 71.5 Å². The molecule has 132 valence electrons. The van der Waals surface area contributed by atoms with Crippen LogP contribution in [0.1, 0.15) is 5.69 Å². The molecule has 0 saturated carbocycles. The minimum Gasteiger partial charge on any atom is -0.477 e. The Morgan fingerprint density at radius 1 is 1.15 bits per heavy atom. The van der Waals surface area contributed by atoms with Crippen molar-refractivity contribution in [2.45, 2.75) is 12.6 Å². The van der Waals surface area contributed by atoms with E-state index in [0.717, 1.165) is 22.8 Å². The maximum Gasteiger partial charge on any atom is 0.262 e. The number of aromatic nitrogens is 2. The number of likely N-dealkylation sites (N-methyl/N-ethyl adjacent to an activating group) is 1. The molecule has 3 aromatic rings. The normalized spacial score (nSPS) is 15.9. The molecule has 26 heavy (non-hydrogen) atoms. The molecule has 1 atom stereocenters. The summed E-state index contributed by atoms with van der Waals surface area (Å²) in [6.07, 6.45) is 1.42. The van der Waals surface area contributed by atoms with E-state index in [1.165, 1.54) is 0 Å². The van der Waals surface area contributed by atoms with Crippen molar-refractivity contribution in [1.82, 2.24) is 15.1 Å². The van der Waals surface area contributed by atoms with Crippen molar-refractivity contribution in [1.29, 1.82) is 0 Å². The molecule has 4 rings (SSSR count). The standard InChI is InChI=1S/C20H20N4O2/c1-21-20(25)19-14-23(17-9-5-6-10-18(17)26-19)13-15-11-12-24(22-15)16-7-3-2-4-8-16/h2-12,19H,13-14H2,1H3,(H,21,25)/t19-/m0/s1. The number of fused-ring (bicyclic) bond motifs is 1. The van der Waals surface area contributed by atoms with Crippen LogP contribution in [0.15, 0.2) is 66.9 Å². The molecular formula is C20H20N4O2. The molecule has 1 N–H and O–H groups in total. The number of anilines is 1. The van der Waals surface area contributed by atoms with Gasteiger partial charge in [0.2, 0.25) is 0 Å². The minimum absolute atomic E-state index is 0.126. The van der Waals surface area contributed by atoms with Crippen molar-refractivity contribution in [2.24, 2.45) is 0 Å². The highest BCUT2D eigenvalue weighted by atomic mass is 16.5. The molecular weight excluding hydrogens is 328 g/mol. The Hall–Kier alpha value is -3.28. The van der Waals surface area contributed by atoms with Gasteiger partial charge in [-0.3, -0.25) is 4.79 Å². The second-order valence-electron chi connectivity index (χ2n) is 6.16. The van der Waals surface area contributed by atoms with Crippen LogP contribution in [0.2, 0.25) is 0 Å². The molecule has 0 fully saturated rings. The average Bonchev–Trinajstić information content (AvgIpc) is 3.16. The number of carbonyl (C=O) groups is 1. The van der Waals surface area contributed by atoms with Crippen LogP contribution in [-0.4, -0.2) is 35.4 Å². The van der Waals surface area contributed by atoms with Gasteiger partial charge in [0, 0.05) is 13.2 Å². The van der Waals surface area contributed by atoms with Crippen molar-refractivity contribution >= 4 is 11.6 Å². The molecule has 6 nitrogen and oxygen atoms in total. The molecule has 0 aliphatic carbocycles. The van der Waals surface area contributed by atoms with Gasteiger partial charge in [0.15, 0.2) is 6.10 Å². The van der Waals surface area contributed by atoms with Crippen molar-refractivity contribution in [3.8, 4) is 11.4 Å². The summed E-state index contributed by atoms with van der Waals surface area (Å²) < 4.78 is 7.71. The maximum atomic E-state index is 12.1. The van der Waals surface area contributed by atoms with Crippen molar-refractivity contribution in [3.05, 3.63) is 72.6 Å². The van der Waals surface area contributed by atoms with Crippen LogP contribution >= 0.6 is 0 Å². The smallest absolute Gasteiger partial charge is 0.262 e. The first-order valence-electron chi connectivity index (χ1n) is 8.57. The highest BCUT2D eigenvalue weighted by Crippen LogP contribution is 2.34. The quantitative estimate of drug-likeness (QED) is 0.786. The molecule has 1 aromatic heterocycles. The summed E-state index contributed by atoms with van der Waals surface area (Å²) >= 11 is 0. The fraction of sp³-hybridized carbons (Fsp3) is 0.200. The Labute approximate surface area is 152 Å². The zero-order chi connectivity index (χ0) is 17.9. The van der Waals surface area contributed by atoms with Gasteiger partial charge < -0.3 is 15.0 Å². The predicted octanol–water partition coefficient (Wildman–Crippen LogP) is 2.39. The van der Waals surface area contributed by atoms with Gasteiger partial charge in [0.1, 0.15) is 5.75 Å². The molecule has 0 bridgehead atoms. The predicted molar refractivity (Wildman–Crippen MR) is 99.5 cm³/mol. The van der Waals surface area contributed by atoms with E-state index in [1.54, 1.807) is 7.05 Å². The minimum atomic E-state index is -0.536. The third kappa shape index (κ3) is 3.13. The second-order valence-corrected chi connectivity index (χ2v) is 6.16. The van der Waals surface area contributed by atoms with Gasteiger partial charge in [-0.25, -0.2) is 4.68 Å². The second kappa shape index (κ2) is 6.92. The van der Waals surface area contributed by atoms with Crippen LogP contribution in [0.25, 0.3) is 5.69 Å². The van der Waals surface area contributed by atoms with Crippen LogP contribution in [0.3, 0.4) is 0 Å². The highest BCUT2D eigenvalue weighted by molar-refractivity contribution is 5.83. The molecule has 0 saturated heterocycles. The summed E-state index contributed by atoms with van der Waals surface area (Å²) in [7, 11) is 1.62. The van der Waals surface area contributed by atoms with Gasteiger partial charge in [-0.2, -0.15) is 5.10 Å². The van der Waals surface area contributed by atoms with Crippen LogP contribution in [0.4, 0.5) is 5.69 Å². The monoisotopic (exact) mass is 348 g/mol. The molecule has 1 aliphatic rings. The van der Waals surface area contributed by atoms with E-state index in [-0.39, 0.29) is 5.91 Å². The van der Waals surface area contributed by atoms with Gasteiger partial charge in [-0.05, 0) is 30.3 Å². The fourth-order valence-electron chi connectivity index (χ4n) is 3.12. The first-order chi connectivity index (χ1) is 12.7. The molecule has 1 aliphatic heterocycles. The van der Waals surface area contributed by atoms with Crippen LogP contribution in [0, 0.1) is 0 Å². The number of nitrogens with one attached hydrogen (secondary N) is 1. The molecule has 0 radical (unpaired) electrons. The third-order valence-corrected chi connectivity index (χ3v) is 4.42. The van der Waals surface area contributed by atoms with Crippen molar-refractivity contribution in [2.75, 3.05) is 18.5 Å². The van der Waals surface area contributed by atoms with E-state index in [2.05, 4.69) is 15.3 Å². The number of nitrogens with zero attached hydrogens (tertiary/aromatic N) is 3. The van der Waals surface area contributed by atoms with E-state index in [0.29, 0.717) is 13.1 Å². The number of para-hydroxylation sites is 3. The lowest BCUT2D eigenvalue weighted by Gasteiger charge is -2.35. The SMILES string of the molecule is CNC(=O)[C@@H]1CN(Cc2ccn(-c3ccccc3)n2)c2ccccc2O1. The summed E-state index contributed by atoms with van der Waals surface area (Å²) in [5.74, 6) is 0.592. The number of rotatable bonds is 4. The summed E-state index contributed by atoms with van der Waals surface area (Å²) in [5.41, 5.74) is 2.92. The van der Waals surface area contributed by atoms with Crippen LogP contribution < -0.4 is 15.0 Å². The van der Waals surface area contributed by atoms with Gasteiger partial charge >= 0.3 is 0 Å². The summed E-state index contributed by atoms with van der Waals surface area (Å²) in [6, 6.07) is 19.8. The number of benzene rings is 2. The first kappa shape index (κ1) is 16.2. The lowest BCUT2D eigenvalue weighted by atomic mass is 10.1. The number of carbonyl (C=O) groups excluding carboxylic acids is 1. The number of amides is 1. The highest BCUT2D eigenvalue weighted by Gasteiger charge is 2.30. The first-order valence-corrected chi connectivity index (χ1v) is 8.57. The van der Waals surface area contributed by atoms with E-state index in [4.69, 9.17) is 4.74 Å². The number of hydrogen-bond donors (Lipinski definition) is 1. The average molecular weight is 348 g/mol. The van der Waals surface area contributed by atoms with Crippen molar-refractivity contribution < 1.29 is 9.53 Å². The summed E-state index contributed by atoms with van der Waals surface area (Å²) in [4.78, 5) is 14.2. The number of hydrogen-bond acceptors (Lipinski definition) is 4. The lowest BCUT2D eigenvalue weighted by molar-refractivity contribution is -0.127. The summed E-state index contributed by atoms with van der Waals surface area (Å²) in [5, 5.41) is 7.34. The van der Waals surface area contributed by atoms with E-state index >= 15 is 0 Å². The maximum absolute atomic E-state index is 12.1. The summed E-state index contributed by atoms with van der Waals surface area (Å²) in [6.45, 7) is 1.09. The largest absolute Gasteiger partial charge is 0.477 e. The van der Waals surface area contributed by atoms with Gasteiger partial charge in [0.25, 0.3) is 5.91 Å². The Balaban J connectivity index is 1.59. The van der Waals surface area contributed by atoms with Gasteiger partial charge in [-0.15, -0.1) is 0 Å². The molecule has 2 heterocycles. The molecule has 1 amide bonds. The topological polar surface area (TPSA) is 59.4 Å². The molecule has 0 unspecified atom stereocenters. The molecule has 6 heteroatoms. The lowest BCUT2D eigenvalue weighted by Crippen LogP contribution is -2.48. The van der Waals surface area contributed by atoms with Gasteiger partial charge in [-0.1, -0.05) is 30.3 Å². The molecule has 0 spiro atoms. The Morgan fingerprint density at radius 3 is 2.73 bits per heavy atom. The van der Waals surface area contributed by atoms with Gasteiger partial charge in [0.05, 0.1) is 30.2 Å². The zero-order valence-corrected chi connectivity index (χ0v) is 14.5.